The number of benzene rings is 3. The molecule has 0 radical (unpaired) electrons. The molecule has 7 rings (SSSR count). The number of hydrogen-bond donors (Lipinski definition) is 1. The van der Waals surface area contributed by atoms with Gasteiger partial charge in [0, 0.05) is 5.92 Å². The van der Waals surface area contributed by atoms with Crippen LogP contribution in [0, 0.1) is 46.8 Å². The molecule has 3 aromatic rings. The summed E-state index contributed by atoms with van der Waals surface area (Å²) in [5.41, 5.74) is -0.313. The van der Waals surface area contributed by atoms with Gasteiger partial charge in [-0.3, -0.25) is 24.1 Å². The van der Waals surface area contributed by atoms with Crippen LogP contribution in [0.3, 0.4) is 0 Å². The van der Waals surface area contributed by atoms with Gasteiger partial charge in [0.1, 0.15) is 18.0 Å². The van der Waals surface area contributed by atoms with Crippen LogP contribution in [0.2, 0.25) is 0 Å². The molecule has 1 saturated carbocycles. The molecule has 0 spiro atoms. The first-order chi connectivity index (χ1) is 24.2. The molecule has 4 amide bonds. The summed E-state index contributed by atoms with van der Waals surface area (Å²) in [6, 6.07) is 12.3. The lowest BCUT2D eigenvalue weighted by molar-refractivity contribution is -0.125. The number of aliphatic hydroxyl groups excluding tert-OH is 1. The molecule has 4 aliphatic rings. The van der Waals surface area contributed by atoms with Crippen LogP contribution in [-0.4, -0.2) is 51.7 Å². The summed E-state index contributed by atoms with van der Waals surface area (Å²) < 4.78 is 78.8. The molecule has 264 valence electrons. The van der Waals surface area contributed by atoms with Crippen molar-refractivity contribution in [1.82, 2.24) is 0 Å². The van der Waals surface area contributed by atoms with Crippen LogP contribution in [0.15, 0.2) is 66.8 Å². The van der Waals surface area contributed by atoms with Gasteiger partial charge in [-0.15, -0.1) is 23.2 Å². The smallest absolute Gasteiger partial charge is 0.258 e. The van der Waals surface area contributed by atoms with Crippen molar-refractivity contribution in [3.8, 4) is 5.75 Å². The summed E-state index contributed by atoms with van der Waals surface area (Å²) in [6.45, 7) is 3.34. The second-order valence-corrected chi connectivity index (χ2v) is 13.9. The number of halogens is 7. The summed E-state index contributed by atoms with van der Waals surface area (Å²) in [5.74, 6) is -20.8. The number of aliphatic hydroxyl groups is 1. The van der Waals surface area contributed by atoms with Crippen molar-refractivity contribution in [1.29, 1.82) is 0 Å². The molecule has 15 heteroatoms. The third kappa shape index (κ3) is 4.74. The number of rotatable bonds is 7. The normalized spacial score (nSPS) is 28.4. The zero-order valence-corrected chi connectivity index (χ0v) is 27.7. The average Bonchev–Trinajstić information content (AvgIpc) is 3.47. The van der Waals surface area contributed by atoms with Gasteiger partial charge in [-0.2, -0.15) is 0 Å². The number of imide groups is 2. The Morgan fingerprint density at radius 2 is 1.43 bits per heavy atom. The fraction of sp³-hybridized carbons (Fsp3) is 0.278. The topological polar surface area (TPSA) is 104 Å². The standard InChI is InChI=1S/C36H25Cl2F5N2O6/c1-2-16-3-7-18(8-4-16)44-31(47)21-12-11-20-22(23(21)32(44)48)15-35(37)33(49)45(30-28(42)26(40)25(39)27(41)29(30)43)34(50)36(35,38)24(20)17-5-9-19(10-6-17)51-14-13-46/h2-11,21-24,46H,1,12-15H2/t21-,22+,23-,24-,35+,36-/m0/s1. The predicted octanol–water partition coefficient (Wildman–Crippen LogP) is 6.16. The Bertz CT molecular complexity index is 2050. The van der Waals surface area contributed by atoms with Crippen molar-refractivity contribution in [2.75, 3.05) is 23.0 Å². The Hall–Kier alpha value is -4.59. The summed E-state index contributed by atoms with van der Waals surface area (Å²) in [5, 5.41) is 9.15. The Labute approximate surface area is 296 Å². The molecule has 2 aliphatic heterocycles. The van der Waals surface area contributed by atoms with E-state index in [1.165, 1.54) is 24.3 Å². The number of carbonyl (C=O) groups excluding carboxylic acids is 4. The first-order valence-electron chi connectivity index (χ1n) is 15.6. The van der Waals surface area contributed by atoms with Gasteiger partial charge in [0.15, 0.2) is 33.0 Å². The molecule has 8 nitrogen and oxygen atoms in total. The number of allylic oxidation sites excluding steroid dienone is 2. The van der Waals surface area contributed by atoms with E-state index in [-0.39, 0.29) is 41.5 Å². The number of anilines is 2. The highest BCUT2D eigenvalue weighted by Crippen LogP contribution is 2.66. The lowest BCUT2D eigenvalue weighted by Crippen LogP contribution is -2.60. The Morgan fingerprint density at radius 1 is 0.824 bits per heavy atom. The third-order valence-corrected chi connectivity index (χ3v) is 11.6. The molecular formula is C36H25Cl2F5N2O6. The lowest BCUT2D eigenvalue weighted by Gasteiger charge is -2.50. The third-order valence-electron chi connectivity index (χ3n) is 10.2. The number of hydrogen-bond acceptors (Lipinski definition) is 6. The maximum atomic E-state index is 15.2. The van der Waals surface area contributed by atoms with E-state index in [2.05, 4.69) is 6.58 Å². The van der Waals surface area contributed by atoms with Crippen LogP contribution in [-0.2, 0) is 19.2 Å². The van der Waals surface area contributed by atoms with E-state index in [1.54, 1.807) is 36.4 Å². The van der Waals surface area contributed by atoms with Crippen molar-refractivity contribution < 1.29 is 51.0 Å². The molecule has 2 aliphatic carbocycles. The molecule has 2 saturated heterocycles. The predicted molar refractivity (Wildman–Crippen MR) is 174 cm³/mol. The van der Waals surface area contributed by atoms with Crippen LogP contribution in [0.4, 0.5) is 33.3 Å². The maximum Gasteiger partial charge on any atom is 0.258 e. The van der Waals surface area contributed by atoms with Crippen LogP contribution >= 0.6 is 23.2 Å². The van der Waals surface area contributed by atoms with Crippen molar-refractivity contribution in [2.24, 2.45) is 17.8 Å². The van der Waals surface area contributed by atoms with E-state index in [1.807, 2.05) is 0 Å². The van der Waals surface area contributed by atoms with Crippen LogP contribution in [0.25, 0.3) is 6.08 Å². The number of fused-ring (bicyclic) bond motifs is 4. The second kappa shape index (κ2) is 12.3. The average molecular weight is 748 g/mol. The molecule has 3 aromatic carbocycles. The summed E-state index contributed by atoms with van der Waals surface area (Å²) in [7, 11) is 0. The number of ether oxygens (including phenoxy) is 1. The summed E-state index contributed by atoms with van der Waals surface area (Å²) >= 11 is 14.3. The Kier molecular flexibility index (Phi) is 8.39. The highest BCUT2D eigenvalue weighted by atomic mass is 35.5. The number of carbonyl (C=O) groups is 4. The van der Waals surface area contributed by atoms with Crippen molar-refractivity contribution in [3.05, 3.63) is 107 Å². The zero-order chi connectivity index (χ0) is 36.7. The van der Waals surface area contributed by atoms with E-state index in [9.17, 15) is 32.3 Å². The minimum atomic E-state index is -2.64. The molecule has 1 N–H and O–H groups in total. The number of nitrogens with zero attached hydrogens (tertiary/aromatic N) is 2. The van der Waals surface area contributed by atoms with Gasteiger partial charge in [0.05, 0.1) is 24.1 Å². The summed E-state index contributed by atoms with van der Waals surface area (Å²) in [6.07, 6.45) is 2.58. The first-order valence-corrected chi connectivity index (χ1v) is 16.4. The van der Waals surface area contributed by atoms with Gasteiger partial charge < -0.3 is 9.84 Å². The van der Waals surface area contributed by atoms with E-state index >= 15 is 8.78 Å². The maximum absolute atomic E-state index is 15.2. The van der Waals surface area contributed by atoms with Crippen molar-refractivity contribution >= 4 is 64.3 Å². The highest BCUT2D eigenvalue weighted by molar-refractivity contribution is 6.58. The van der Waals surface area contributed by atoms with Gasteiger partial charge in [-0.05, 0) is 54.2 Å². The zero-order valence-electron chi connectivity index (χ0n) is 26.1. The minimum Gasteiger partial charge on any atom is -0.491 e. The Balaban J connectivity index is 1.39. The molecule has 6 atom stereocenters. The molecule has 0 unspecified atom stereocenters. The summed E-state index contributed by atoms with van der Waals surface area (Å²) in [4.78, 5) is 52.2. The largest absolute Gasteiger partial charge is 0.491 e. The Morgan fingerprint density at radius 3 is 2.02 bits per heavy atom. The first kappa shape index (κ1) is 34.8. The molecule has 0 aromatic heterocycles. The molecule has 2 heterocycles. The van der Waals surface area contributed by atoms with E-state index in [0.29, 0.717) is 5.57 Å². The molecule has 3 fully saturated rings. The van der Waals surface area contributed by atoms with Crippen LogP contribution in [0.5, 0.6) is 5.75 Å². The van der Waals surface area contributed by atoms with Gasteiger partial charge in [-0.1, -0.05) is 48.6 Å². The van der Waals surface area contributed by atoms with Crippen LogP contribution in [0.1, 0.15) is 29.9 Å². The number of alkyl halides is 2. The fourth-order valence-corrected chi connectivity index (χ4v) is 8.81. The highest BCUT2D eigenvalue weighted by Gasteiger charge is 2.77. The van der Waals surface area contributed by atoms with Crippen LogP contribution < -0.4 is 14.5 Å². The van der Waals surface area contributed by atoms with Crippen molar-refractivity contribution in [2.45, 2.75) is 28.5 Å². The SMILES string of the molecule is C=Cc1ccc(N2C(=O)[C@H]3[C@H](CC=C4[C@H]3C[C@@]3(Cl)C(=O)N(c5c(F)c(F)c(F)c(F)c5F)C(=O)[C@@]3(Cl)[C@H]4c3ccc(OCCO)cc3)C2=O)cc1. The second-order valence-electron chi connectivity index (χ2n) is 12.6. The minimum absolute atomic E-state index is 0.00224. The monoisotopic (exact) mass is 746 g/mol. The quantitative estimate of drug-likeness (QED) is 0.0776. The van der Waals surface area contributed by atoms with Crippen molar-refractivity contribution in [3.63, 3.8) is 0 Å². The van der Waals surface area contributed by atoms with E-state index in [0.717, 1.165) is 10.5 Å². The van der Waals surface area contributed by atoms with Gasteiger partial charge in [0.25, 0.3) is 11.8 Å². The molecule has 51 heavy (non-hydrogen) atoms. The van der Waals surface area contributed by atoms with Gasteiger partial charge in [-0.25, -0.2) is 26.9 Å². The van der Waals surface area contributed by atoms with Gasteiger partial charge >= 0.3 is 0 Å². The molecule has 0 bridgehead atoms. The van der Waals surface area contributed by atoms with Gasteiger partial charge in [0.2, 0.25) is 17.6 Å². The lowest BCUT2D eigenvalue weighted by atomic mass is 9.56. The van der Waals surface area contributed by atoms with E-state index < -0.39 is 98.2 Å². The molecular weight excluding hydrogens is 722 g/mol. The number of amides is 4. The fourth-order valence-electron chi connectivity index (χ4n) is 7.87. The van der Waals surface area contributed by atoms with E-state index in [4.69, 9.17) is 33.0 Å².